The number of aliphatic hydroxyl groups is 1. The first-order chi connectivity index (χ1) is 9.47. The summed E-state index contributed by atoms with van der Waals surface area (Å²) in [6.45, 7) is 0. The van der Waals surface area contributed by atoms with Crippen LogP contribution in [0.15, 0.2) is 54.1 Å². The van der Waals surface area contributed by atoms with Gasteiger partial charge in [0.2, 0.25) is 0 Å². The Bertz CT molecular complexity index is 495. The zero-order chi connectivity index (χ0) is 14.8. The van der Waals surface area contributed by atoms with Gasteiger partial charge < -0.3 is 5.11 Å². The van der Waals surface area contributed by atoms with E-state index in [1.54, 1.807) is 0 Å². The molecule has 0 bridgehead atoms. The molecule has 20 heavy (non-hydrogen) atoms. The highest BCUT2D eigenvalue weighted by Crippen LogP contribution is 2.32. The van der Waals surface area contributed by atoms with Crippen LogP contribution in [-0.2, 0) is 0 Å². The summed E-state index contributed by atoms with van der Waals surface area (Å²) in [6.07, 6.45) is 6.67. The first kappa shape index (κ1) is 15.0. The maximum absolute atomic E-state index is 10.4. The van der Waals surface area contributed by atoms with Crippen LogP contribution in [0.4, 0.5) is 0 Å². The summed E-state index contributed by atoms with van der Waals surface area (Å²) >= 11 is 0. The van der Waals surface area contributed by atoms with Crippen LogP contribution in [0.5, 0.6) is 0 Å². The Hall–Kier alpha value is -1.42. The smallest absolute Gasteiger partial charge is 0.104 e. The largest absolute Gasteiger partial charge is 0.384 e. The molecule has 0 heterocycles. The number of aliphatic hydroxyl groups excluding tert-OH is 1. The molecule has 0 aliphatic heterocycles. The van der Waals surface area contributed by atoms with E-state index in [0.717, 1.165) is 17.6 Å². The van der Waals surface area contributed by atoms with Crippen molar-refractivity contribution in [3.63, 3.8) is 0 Å². The summed E-state index contributed by atoms with van der Waals surface area (Å²) in [4.78, 5) is 4.40. The number of hydrogen-bond donors (Lipinski definition) is 1. The van der Waals surface area contributed by atoms with Crippen molar-refractivity contribution in [1.29, 1.82) is 0 Å². The van der Waals surface area contributed by atoms with Crippen molar-refractivity contribution in [2.75, 3.05) is 28.2 Å². The predicted molar refractivity (Wildman–Crippen MR) is 83.3 cm³/mol. The van der Waals surface area contributed by atoms with Crippen molar-refractivity contribution >= 4 is 0 Å². The molecule has 3 heteroatoms. The lowest BCUT2D eigenvalue weighted by Gasteiger charge is -2.44. The molecule has 1 aliphatic rings. The fraction of sp³-hybridized carbons (Fsp3) is 0.412. The summed E-state index contributed by atoms with van der Waals surface area (Å²) in [6, 6.07) is 9.79. The zero-order valence-corrected chi connectivity index (χ0v) is 12.7. The van der Waals surface area contributed by atoms with Gasteiger partial charge in [-0.25, -0.2) is 0 Å². The minimum atomic E-state index is -0.547. The standard InChI is InChI=1S/C17H24N2O/c1-18(2)17(19(3)4)12-10-15(11-13-17)16(20)14-8-6-5-7-9-14/h5-12,16,20H,13H2,1-4H3. The first-order valence-electron chi connectivity index (χ1n) is 6.94. The van der Waals surface area contributed by atoms with Gasteiger partial charge in [0, 0.05) is 6.42 Å². The lowest BCUT2D eigenvalue weighted by Crippen LogP contribution is -2.54. The van der Waals surface area contributed by atoms with E-state index < -0.39 is 6.10 Å². The quantitative estimate of drug-likeness (QED) is 0.853. The van der Waals surface area contributed by atoms with E-state index in [-0.39, 0.29) is 5.66 Å². The van der Waals surface area contributed by atoms with Crippen LogP contribution in [0.1, 0.15) is 18.1 Å². The van der Waals surface area contributed by atoms with Gasteiger partial charge in [-0.05, 0) is 45.4 Å². The molecular formula is C17H24N2O. The van der Waals surface area contributed by atoms with Gasteiger partial charge in [0.15, 0.2) is 0 Å². The molecule has 1 atom stereocenters. The van der Waals surface area contributed by atoms with Gasteiger partial charge >= 0.3 is 0 Å². The summed E-state index contributed by atoms with van der Waals surface area (Å²) in [5, 5.41) is 10.4. The van der Waals surface area contributed by atoms with E-state index in [2.05, 4.69) is 50.1 Å². The molecule has 0 saturated carbocycles. The molecule has 1 aromatic rings. The van der Waals surface area contributed by atoms with Gasteiger partial charge in [0.05, 0.1) is 5.66 Å². The summed E-state index contributed by atoms with van der Waals surface area (Å²) in [7, 11) is 8.32. The zero-order valence-electron chi connectivity index (χ0n) is 12.7. The third kappa shape index (κ3) is 2.70. The molecule has 0 aromatic heterocycles. The molecule has 0 spiro atoms. The highest BCUT2D eigenvalue weighted by molar-refractivity contribution is 5.36. The van der Waals surface area contributed by atoms with Crippen LogP contribution in [0, 0.1) is 0 Å². The van der Waals surface area contributed by atoms with E-state index in [1.807, 2.05) is 36.4 Å². The predicted octanol–water partition coefficient (Wildman–Crippen LogP) is 2.43. The minimum absolute atomic E-state index is 0.111. The van der Waals surface area contributed by atoms with Crippen molar-refractivity contribution < 1.29 is 5.11 Å². The second-order valence-electron chi connectivity index (χ2n) is 5.72. The molecule has 0 fully saturated rings. The summed E-state index contributed by atoms with van der Waals surface area (Å²) in [5.41, 5.74) is 1.79. The van der Waals surface area contributed by atoms with E-state index in [4.69, 9.17) is 0 Å². The highest BCUT2D eigenvalue weighted by atomic mass is 16.3. The SMILES string of the molecule is CN(C)C1(N(C)C)C=CC(C(O)c2ccccc2)=CC1. The molecule has 0 radical (unpaired) electrons. The topological polar surface area (TPSA) is 26.7 Å². The molecule has 0 saturated heterocycles. The van der Waals surface area contributed by atoms with E-state index in [9.17, 15) is 5.11 Å². The molecular weight excluding hydrogens is 248 g/mol. The van der Waals surface area contributed by atoms with Crippen LogP contribution in [0.3, 0.4) is 0 Å². The average molecular weight is 272 g/mol. The molecule has 108 valence electrons. The Morgan fingerprint density at radius 1 is 1.05 bits per heavy atom. The number of hydrogen-bond acceptors (Lipinski definition) is 3. The maximum Gasteiger partial charge on any atom is 0.104 e. The first-order valence-corrected chi connectivity index (χ1v) is 6.94. The lowest BCUT2D eigenvalue weighted by molar-refractivity contribution is 0.0508. The van der Waals surface area contributed by atoms with Crippen LogP contribution in [0.2, 0.25) is 0 Å². The Morgan fingerprint density at radius 2 is 1.65 bits per heavy atom. The van der Waals surface area contributed by atoms with Gasteiger partial charge in [-0.15, -0.1) is 0 Å². The fourth-order valence-electron chi connectivity index (χ4n) is 2.73. The maximum atomic E-state index is 10.4. The van der Waals surface area contributed by atoms with Crippen LogP contribution in [0.25, 0.3) is 0 Å². The van der Waals surface area contributed by atoms with Crippen LogP contribution >= 0.6 is 0 Å². The minimum Gasteiger partial charge on any atom is -0.384 e. The van der Waals surface area contributed by atoms with Crippen LogP contribution < -0.4 is 0 Å². The molecule has 1 unspecified atom stereocenters. The normalized spacial score (nSPS) is 19.2. The molecule has 0 amide bonds. The Kier molecular flexibility index (Phi) is 4.43. The van der Waals surface area contributed by atoms with Crippen molar-refractivity contribution in [3.05, 3.63) is 59.7 Å². The van der Waals surface area contributed by atoms with Crippen molar-refractivity contribution in [1.82, 2.24) is 9.80 Å². The second-order valence-corrected chi connectivity index (χ2v) is 5.72. The average Bonchev–Trinajstić information content (AvgIpc) is 2.47. The number of benzene rings is 1. The van der Waals surface area contributed by atoms with Gasteiger partial charge in [-0.1, -0.05) is 42.5 Å². The number of likely N-dealkylation sites (N-methyl/N-ethyl adjacent to an activating group) is 2. The van der Waals surface area contributed by atoms with Gasteiger partial charge in [0.1, 0.15) is 6.10 Å². The van der Waals surface area contributed by atoms with E-state index >= 15 is 0 Å². The van der Waals surface area contributed by atoms with E-state index in [0.29, 0.717) is 0 Å². The summed E-state index contributed by atoms with van der Waals surface area (Å²) in [5.74, 6) is 0. The van der Waals surface area contributed by atoms with Crippen molar-refractivity contribution in [2.24, 2.45) is 0 Å². The molecule has 2 rings (SSSR count). The van der Waals surface area contributed by atoms with E-state index in [1.165, 1.54) is 0 Å². The van der Waals surface area contributed by atoms with Crippen molar-refractivity contribution in [2.45, 2.75) is 18.2 Å². The molecule has 1 aromatic carbocycles. The second kappa shape index (κ2) is 5.92. The monoisotopic (exact) mass is 272 g/mol. The Morgan fingerprint density at radius 3 is 2.10 bits per heavy atom. The third-order valence-electron chi connectivity index (χ3n) is 4.16. The number of rotatable bonds is 4. The lowest BCUT2D eigenvalue weighted by atomic mass is 9.90. The Labute approximate surface area is 121 Å². The molecule has 1 N–H and O–H groups in total. The molecule has 1 aliphatic carbocycles. The third-order valence-corrected chi connectivity index (χ3v) is 4.16. The Balaban J connectivity index is 2.20. The summed E-state index contributed by atoms with van der Waals surface area (Å²) < 4.78 is 0. The highest BCUT2D eigenvalue weighted by Gasteiger charge is 2.33. The van der Waals surface area contributed by atoms with Gasteiger partial charge in [0.25, 0.3) is 0 Å². The van der Waals surface area contributed by atoms with Gasteiger partial charge in [-0.3, -0.25) is 9.80 Å². The van der Waals surface area contributed by atoms with Crippen molar-refractivity contribution in [3.8, 4) is 0 Å². The molecule has 3 nitrogen and oxygen atoms in total. The van der Waals surface area contributed by atoms with Gasteiger partial charge in [-0.2, -0.15) is 0 Å². The number of nitrogens with zero attached hydrogens (tertiary/aromatic N) is 2. The van der Waals surface area contributed by atoms with Crippen LogP contribution in [-0.4, -0.2) is 48.8 Å². The fourth-order valence-corrected chi connectivity index (χ4v) is 2.73.